The number of halogens is 6. The monoisotopic (exact) mass is 613 g/mol. The lowest BCUT2D eigenvalue weighted by atomic mass is 9.95. The summed E-state index contributed by atoms with van der Waals surface area (Å²) in [6.07, 6.45) is -3.78. The molecule has 1 unspecified atom stereocenters. The van der Waals surface area contributed by atoms with Gasteiger partial charge in [-0.25, -0.2) is 13.6 Å². The van der Waals surface area contributed by atoms with E-state index in [9.17, 15) is 27.2 Å². The van der Waals surface area contributed by atoms with E-state index < -0.39 is 51.3 Å². The third-order valence-corrected chi connectivity index (χ3v) is 8.86. The number of hydrogen-bond acceptors (Lipinski definition) is 6. The van der Waals surface area contributed by atoms with E-state index in [-0.39, 0.29) is 65.0 Å². The van der Waals surface area contributed by atoms with Crippen molar-refractivity contribution >= 4 is 46.0 Å². The van der Waals surface area contributed by atoms with Gasteiger partial charge in [0.2, 0.25) is 5.91 Å². The maximum atomic E-state index is 15.1. The Labute approximate surface area is 240 Å². The molecule has 3 heterocycles. The summed E-state index contributed by atoms with van der Waals surface area (Å²) < 4.78 is 74.5. The second-order valence-corrected chi connectivity index (χ2v) is 11.7. The van der Waals surface area contributed by atoms with Gasteiger partial charge < -0.3 is 15.5 Å². The summed E-state index contributed by atoms with van der Waals surface area (Å²) in [6, 6.07) is 0.709. The van der Waals surface area contributed by atoms with Gasteiger partial charge >= 0.3 is 11.9 Å². The van der Waals surface area contributed by atoms with Crippen LogP contribution in [0, 0.1) is 11.6 Å². The molecule has 0 bridgehead atoms. The summed E-state index contributed by atoms with van der Waals surface area (Å²) in [5.41, 5.74) is 3.26. The molecule has 3 atom stereocenters. The minimum absolute atomic E-state index is 0.0117. The summed E-state index contributed by atoms with van der Waals surface area (Å²) in [5.74, 6) is -2.52. The van der Waals surface area contributed by atoms with Gasteiger partial charge in [0.25, 0.3) is 0 Å². The Kier molecular flexibility index (Phi) is 7.58. The van der Waals surface area contributed by atoms with Gasteiger partial charge in [0.05, 0.1) is 16.1 Å². The molecule has 0 spiro atoms. The van der Waals surface area contributed by atoms with Crippen LogP contribution in [0.3, 0.4) is 0 Å². The quantitative estimate of drug-likeness (QED) is 0.253. The highest BCUT2D eigenvalue weighted by Crippen LogP contribution is 2.49. The van der Waals surface area contributed by atoms with E-state index in [0.717, 1.165) is 23.9 Å². The molecule has 1 saturated heterocycles. The SMILES string of the molecule is C=CC(=O)N1[C@H](C)CN(c2nc(=O)n3c4c(c(-c5cc(Cl)c(F)cc5F)c(C(F)(F)F)cc24)SCC(N)C3)C[C@@H]1C. The van der Waals surface area contributed by atoms with Crippen LogP contribution in [-0.2, 0) is 17.5 Å². The van der Waals surface area contributed by atoms with Crippen molar-refractivity contribution in [3.63, 3.8) is 0 Å². The van der Waals surface area contributed by atoms with E-state index in [1.165, 1.54) is 10.6 Å². The lowest BCUT2D eigenvalue weighted by molar-refractivity contribution is -0.137. The molecule has 2 aliphatic heterocycles. The molecule has 0 aliphatic carbocycles. The van der Waals surface area contributed by atoms with Crippen molar-refractivity contribution in [2.24, 2.45) is 5.73 Å². The van der Waals surface area contributed by atoms with Gasteiger partial charge in [-0.05, 0) is 32.1 Å². The first-order valence-electron chi connectivity index (χ1n) is 12.6. The number of carbonyl (C=O) groups excluding carboxylic acids is 1. The van der Waals surface area contributed by atoms with Crippen molar-refractivity contribution in [2.75, 3.05) is 23.7 Å². The number of thioether (sulfide) groups is 1. The van der Waals surface area contributed by atoms with Crippen LogP contribution in [0.1, 0.15) is 19.4 Å². The van der Waals surface area contributed by atoms with E-state index in [2.05, 4.69) is 11.6 Å². The number of amides is 1. The highest BCUT2D eigenvalue weighted by molar-refractivity contribution is 7.99. The molecule has 0 radical (unpaired) electrons. The van der Waals surface area contributed by atoms with Gasteiger partial charge in [0, 0.05) is 71.0 Å². The van der Waals surface area contributed by atoms with E-state index >= 15 is 4.39 Å². The van der Waals surface area contributed by atoms with Crippen molar-refractivity contribution in [3.8, 4) is 11.1 Å². The van der Waals surface area contributed by atoms with E-state index in [4.69, 9.17) is 17.3 Å². The van der Waals surface area contributed by atoms with Crippen LogP contribution in [0.4, 0.5) is 27.8 Å². The number of piperazine rings is 1. The molecule has 3 aromatic rings. The molecule has 218 valence electrons. The zero-order chi connectivity index (χ0) is 30.0. The fourth-order valence-corrected chi connectivity index (χ4v) is 7.03. The molecular weight excluding hydrogens is 589 g/mol. The number of carbonyl (C=O) groups is 1. The first-order valence-corrected chi connectivity index (χ1v) is 14.0. The number of nitrogens with zero attached hydrogens (tertiary/aromatic N) is 4. The van der Waals surface area contributed by atoms with E-state index in [1.54, 1.807) is 23.6 Å². The Hall–Kier alpha value is -3.16. The van der Waals surface area contributed by atoms with Crippen molar-refractivity contribution in [1.82, 2.24) is 14.5 Å². The third-order valence-electron chi connectivity index (χ3n) is 7.29. The molecule has 5 rings (SSSR count). The predicted octanol–water partition coefficient (Wildman–Crippen LogP) is 5.06. The Morgan fingerprint density at radius 1 is 1.15 bits per heavy atom. The van der Waals surface area contributed by atoms with Gasteiger partial charge in [0.1, 0.15) is 17.5 Å². The first-order chi connectivity index (χ1) is 19.2. The van der Waals surface area contributed by atoms with Gasteiger partial charge in [-0.2, -0.15) is 18.2 Å². The smallest absolute Gasteiger partial charge is 0.352 e. The maximum absolute atomic E-state index is 15.1. The molecule has 0 saturated carbocycles. The molecule has 2 aromatic carbocycles. The fraction of sp³-hybridized carbons (Fsp3) is 0.370. The average Bonchev–Trinajstić information content (AvgIpc) is 3.06. The molecule has 41 heavy (non-hydrogen) atoms. The number of aromatic nitrogens is 2. The number of alkyl halides is 3. The van der Waals surface area contributed by atoms with Crippen molar-refractivity contribution < 1.29 is 26.7 Å². The van der Waals surface area contributed by atoms with Crippen LogP contribution in [0.2, 0.25) is 5.02 Å². The molecule has 2 aliphatic rings. The van der Waals surface area contributed by atoms with E-state index in [0.29, 0.717) is 6.07 Å². The van der Waals surface area contributed by atoms with Crippen LogP contribution in [0.15, 0.2) is 40.5 Å². The summed E-state index contributed by atoms with van der Waals surface area (Å²) in [4.78, 5) is 33.3. The van der Waals surface area contributed by atoms with Crippen LogP contribution in [-0.4, -0.2) is 57.3 Å². The van der Waals surface area contributed by atoms with Crippen molar-refractivity contribution in [3.05, 3.63) is 63.6 Å². The minimum Gasteiger partial charge on any atom is -0.352 e. The van der Waals surface area contributed by atoms with Gasteiger partial charge in [0.15, 0.2) is 0 Å². The Morgan fingerprint density at radius 2 is 1.80 bits per heavy atom. The lowest BCUT2D eigenvalue weighted by Gasteiger charge is -2.44. The Balaban J connectivity index is 1.85. The number of hydrogen-bond donors (Lipinski definition) is 1. The average molecular weight is 614 g/mol. The maximum Gasteiger partial charge on any atom is 0.417 e. The highest BCUT2D eigenvalue weighted by atomic mass is 35.5. The number of anilines is 1. The molecule has 7 nitrogen and oxygen atoms in total. The van der Waals surface area contributed by atoms with Gasteiger partial charge in [-0.3, -0.25) is 9.36 Å². The third kappa shape index (κ3) is 5.08. The summed E-state index contributed by atoms with van der Waals surface area (Å²) >= 11 is 6.84. The standard InChI is InChI=1S/C27H25ClF5N5O2S/c1-4-21(39)38-12(2)8-36(9-13(38)3)25-16-5-17(27(31,32)33)22(15-6-18(28)20(30)7-19(15)29)24-23(16)37(26(40)35-25)10-14(34)11-41-24/h4-7,12-14H,1,8-11,34H2,2-3H3/t12-,13+,14?. The fourth-order valence-electron chi connectivity index (χ4n) is 5.66. The second kappa shape index (κ2) is 10.6. The van der Waals surface area contributed by atoms with Gasteiger partial charge in [-0.1, -0.05) is 18.2 Å². The minimum atomic E-state index is -4.98. The van der Waals surface area contributed by atoms with Crippen LogP contribution in [0.25, 0.3) is 22.0 Å². The predicted molar refractivity (Wildman–Crippen MR) is 148 cm³/mol. The molecular formula is C27H25ClF5N5O2S. The second-order valence-electron chi connectivity index (χ2n) is 10.2. The molecule has 1 amide bonds. The highest BCUT2D eigenvalue weighted by Gasteiger charge is 2.40. The number of nitrogens with two attached hydrogens (primary N) is 1. The Bertz CT molecular complexity index is 1630. The van der Waals surface area contributed by atoms with Crippen LogP contribution < -0.4 is 16.3 Å². The lowest BCUT2D eigenvalue weighted by Crippen LogP contribution is -2.58. The van der Waals surface area contributed by atoms with Crippen molar-refractivity contribution in [2.45, 2.75) is 49.6 Å². The molecule has 2 N–H and O–H groups in total. The Morgan fingerprint density at radius 3 is 2.41 bits per heavy atom. The molecule has 14 heteroatoms. The van der Waals surface area contributed by atoms with Crippen LogP contribution in [0.5, 0.6) is 0 Å². The normalized spacial score (nSPS) is 21.2. The summed E-state index contributed by atoms with van der Waals surface area (Å²) in [5, 5.41) is -0.534. The zero-order valence-electron chi connectivity index (χ0n) is 21.9. The molecule has 1 fully saturated rings. The van der Waals surface area contributed by atoms with Gasteiger partial charge in [-0.15, -0.1) is 11.8 Å². The summed E-state index contributed by atoms with van der Waals surface area (Å²) in [6.45, 7) is 7.42. The topological polar surface area (TPSA) is 84.5 Å². The first kappa shape index (κ1) is 29.3. The number of benzene rings is 2. The number of rotatable bonds is 3. The largest absolute Gasteiger partial charge is 0.417 e. The zero-order valence-corrected chi connectivity index (χ0v) is 23.5. The molecule has 1 aromatic heterocycles. The van der Waals surface area contributed by atoms with Crippen LogP contribution >= 0.6 is 23.4 Å². The van der Waals surface area contributed by atoms with Crippen molar-refractivity contribution in [1.29, 1.82) is 0 Å². The van der Waals surface area contributed by atoms with E-state index in [1.807, 2.05) is 0 Å². The summed E-state index contributed by atoms with van der Waals surface area (Å²) in [7, 11) is 0.